The van der Waals surface area contributed by atoms with Gasteiger partial charge < -0.3 is 15.2 Å². The van der Waals surface area contributed by atoms with Crippen LogP contribution in [0.15, 0.2) is 24.3 Å². The Morgan fingerprint density at radius 2 is 1.95 bits per heavy atom. The van der Waals surface area contributed by atoms with E-state index in [0.717, 1.165) is 30.1 Å². The number of hydrogen-bond acceptors (Lipinski definition) is 3. The van der Waals surface area contributed by atoms with Crippen LogP contribution in [0.5, 0.6) is 5.75 Å². The summed E-state index contributed by atoms with van der Waals surface area (Å²) in [5, 5.41) is 0. The van der Waals surface area contributed by atoms with Gasteiger partial charge in [-0.05, 0) is 63.1 Å². The summed E-state index contributed by atoms with van der Waals surface area (Å²) >= 11 is 0. The molecule has 1 aliphatic rings. The van der Waals surface area contributed by atoms with Crippen molar-refractivity contribution in [1.29, 1.82) is 0 Å². The van der Waals surface area contributed by atoms with E-state index in [4.69, 9.17) is 15.2 Å². The molecule has 1 unspecified atom stereocenters. The third-order valence-electron chi connectivity index (χ3n) is 4.65. The van der Waals surface area contributed by atoms with E-state index in [0.29, 0.717) is 13.2 Å². The van der Waals surface area contributed by atoms with Crippen LogP contribution in [0.25, 0.3) is 0 Å². The molecule has 1 atom stereocenters. The molecular weight excluding hydrogens is 262 g/mol. The molecule has 1 fully saturated rings. The first-order valence-corrected chi connectivity index (χ1v) is 8.23. The van der Waals surface area contributed by atoms with Crippen molar-refractivity contribution in [2.45, 2.75) is 58.1 Å². The van der Waals surface area contributed by atoms with E-state index in [9.17, 15) is 0 Å². The molecule has 1 aliphatic carbocycles. The first kappa shape index (κ1) is 16.3. The van der Waals surface area contributed by atoms with Gasteiger partial charge >= 0.3 is 0 Å². The van der Waals surface area contributed by atoms with Gasteiger partial charge in [-0.25, -0.2) is 0 Å². The third-order valence-corrected chi connectivity index (χ3v) is 4.65. The number of rotatable bonds is 6. The summed E-state index contributed by atoms with van der Waals surface area (Å²) in [6.45, 7) is 7.76. The molecule has 21 heavy (non-hydrogen) atoms. The monoisotopic (exact) mass is 291 g/mol. The lowest BCUT2D eigenvalue weighted by atomic mass is 9.73. The molecule has 1 saturated carbocycles. The summed E-state index contributed by atoms with van der Waals surface area (Å²) in [5.74, 6) is 1.67. The summed E-state index contributed by atoms with van der Waals surface area (Å²) < 4.78 is 11.8. The van der Waals surface area contributed by atoms with Crippen molar-refractivity contribution in [2.75, 3.05) is 13.2 Å². The van der Waals surface area contributed by atoms with Crippen molar-refractivity contribution in [3.05, 3.63) is 29.8 Å². The average molecular weight is 291 g/mol. The fourth-order valence-corrected chi connectivity index (χ4v) is 3.35. The van der Waals surface area contributed by atoms with Gasteiger partial charge in [0.25, 0.3) is 0 Å². The highest BCUT2D eigenvalue weighted by atomic mass is 16.5. The van der Waals surface area contributed by atoms with E-state index >= 15 is 0 Å². The Morgan fingerprint density at radius 3 is 2.57 bits per heavy atom. The Bertz CT molecular complexity index is 439. The van der Waals surface area contributed by atoms with Crippen LogP contribution >= 0.6 is 0 Å². The predicted octanol–water partition coefficient (Wildman–Crippen LogP) is 4.07. The lowest BCUT2D eigenvalue weighted by Crippen LogP contribution is -2.46. The number of nitrogens with two attached hydrogens (primary N) is 1. The van der Waals surface area contributed by atoms with E-state index in [1.807, 2.05) is 19.1 Å². The van der Waals surface area contributed by atoms with Gasteiger partial charge in [0, 0.05) is 6.61 Å². The molecule has 0 bridgehead atoms. The Labute approximate surface area is 128 Å². The summed E-state index contributed by atoms with van der Waals surface area (Å²) in [4.78, 5) is 0. The van der Waals surface area contributed by atoms with Gasteiger partial charge in [0.1, 0.15) is 5.75 Å². The fourth-order valence-electron chi connectivity index (χ4n) is 3.35. The standard InChI is InChI=1S/C18H29NO2/c1-4-20-16-8-6-7-15(13-16)17(19)18(21-5-2)11-9-14(3)10-12-18/h6-8,13-14,17H,4-5,9-12,19H2,1-3H3. The fraction of sp³-hybridized carbons (Fsp3) is 0.667. The van der Waals surface area contributed by atoms with Crippen LogP contribution in [0.1, 0.15) is 58.1 Å². The minimum Gasteiger partial charge on any atom is -0.494 e. The molecule has 1 aromatic carbocycles. The molecule has 3 heteroatoms. The summed E-state index contributed by atoms with van der Waals surface area (Å²) in [6, 6.07) is 8.06. The maximum absolute atomic E-state index is 6.62. The molecule has 3 nitrogen and oxygen atoms in total. The Morgan fingerprint density at radius 1 is 1.24 bits per heavy atom. The largest absolute Gasteiger partial charge is 0.494 e. The molecule has 0 radical (unpaired) electrons. The number of benzene rings is 1. The zero-order chi connectivity index (χ0) is 15.3. The van der Waals surface area contributed by atoms with Crippen molar-refractivity contribution < 1.29 is 9.47 Å². The molecule has 1 aromatic rings. The first-order chi connectivity index (χ1) is 10.1. The maximum Gasteiger partial charge on any atom is 0.119 e. The molecular formula is C18H29NO2. The van der Waals surface area contributed by atoms with Crippen molar-refractivity contribution in [1.82, 2.24) is 0 Å². The van der Waals surface area contributed by atoms with Crippen LogP contribution in [-0.4, -0.2) is 18.8 Å². The van der Waals surface area contributed by atoms with E-state index in [1.165, 1.54) is 12.8 Å². The normalized spacial score (nSPS) is 27.3. The second-order valence-electron chi connectivity index (χ2n) is 6.16. The SMILES string of the molecule is CCOc1cccc(C(N)C2(OCC)CCC(C)CC2)c1. The van der Waals surface area contributed by atoms with Crippen molar-refractivity contribution in [3.8, 4) is 5.75 Å². The van der Waals surface area contributed by atoms with Crippen molar-refractivity contribution in [2.24, 2.45) is 11.7 Å². The second kappa shape index (κ2) is 7.28. The predicted molar refractivity (Wildman–Crippen MR) is 86.5 cm³/mol. The van der Waals surface area contributed by atoms with Gasteiger partial charge in [-0.1, -0.05) is 19.1 Å². The van der Waals surface area contributed by atoms with Crippen LogP contribution in [0, 0.1) is 5.92 Å². The van der Waals surface area contributed by atoms with Crippen LogP contribution in [-0.2, 0) is 4.74 Å². The van der Waals surface area contributed by atoms with E-state index in [-0.39, 0.29) is 11.6 Å². The van der Waals surface area contributed by atoms with Gasteiger partial charge in [-0.2, -0.15) is 0 Å². The zero-order valence-corrected chi connectivity index (χ0v) is 13.6. The topological polar surface area (TPSA) is 44.5 Å². The van der Waals surface area contributed by atoms with Gasteiger partial charge in [-0.15, -0.1) is 0 Å². The zero-order valence-electron chi connectivity index (χ0n) is 13.6. The Kier molecular flexibility index (Phi) is 5.65. The van der Waals surface area contributed by atoms with Crippen LogP contribution < -0.4 is 10.5 Å². The van der Waals surface area contributed by atoms with Crippen LogP contribution in [0.3, 0.4) is 0 Å². The molecule has 2 rings (SSSR count). The van der Waals surface area contributed by atoms with Gasteiger partial charge in [0.15, 0.2) is 0 Å². The quantitative estimate of drug-likeness (QED) is 0.859. The molecule has 0 amide bonds. The van der Waals surface area contributed by atoms with Crippen molar-refractivity contribution >= 4 is 0 Å². The van der Waals surface area contributed by atoms with Gasteiger partial charge in [0.2, 0.25) is 0 Å². The first-order valence-electron chi connectivity index (χ1n) is 8.23. The Balaban J connectivity index is 2.21. The van der Waals surface area contributed by atoms with E-state index in [2.05, 4.69) is 26.0 Å². The summed E-state index contributed by atoms with van der Waals surface area (Å²) in [5.41, 5.74) is 7.52. The molecule has 0 aromatic heterocycles. The minimum atomic E-state index is -0.216. The molecule has 118 valence electrons. The van der Waals surface area contributed by atoms with Crippen LogP contribution in [0.2, 0.25) is 0 Å². The highest BCUT2D eigenvalue weighted by Gasteiger charge is 2.41. The molecule has 0 aliphatic heterocycles. The lowest BCUT2D eigenvalue weighted by molar-refractivity contribution is -0.0897. The molecule has 2 N–H and O–H groups in total. The lowest BCUT2D eigenvalue weighted by Gasteiger charge is -2.43. The molecule has 0 saturated heterocycles. The van der Waals surface area contributed by atoms with Crippen molar-refractivity contribution in [3.63, 3.8) is 0 Å². The average Bonchev–Trinajstić information content (AvgIpc) is 2.50. The number of hydrogen-bond donors (Lipinski definition) is 1. The molecule has 0 spiro atoms. The minimum absolute atomic E-state index is 0.0923. The third kappa shape index (κ3) is 3.78. The maximum atomic E-state index is 6.62. The highest BCUT2D eigenvalue weighted by Crippen LogP contribution is 2.42. The van der Waals surface area contributed by atoms with E-state index < -0.39 is 0 Å². The number of ether oxygens (including phenoxy) is 2. The summed E-state index contributed by atoms with van der Waals surface area (Å²) in [6.07, 6.45) is 4.47. The highest BCUT2D eigenvalue weighted by molar-refractivity contribution is 5.32. The van der Waals surface area contributed by atoms with Crippen LogP contribution in [0.4, 0.5) is 0 Å². The summed E-state index contributed by atoms with van der Waals surface area (Å²) in [7, 11) is 0. The Hall–Kier alpha value is -1.06. The second-order valence-corrected chi connectivity index (χ2v) is 6.16. The molecule has 0 heterocycles. The van der Waals surface area contributed by atoms with Gasteiger partial charge in [-0.3, -0.25) is 0 Å². The van der Waals surface area contributed by atoms with Gasteiger partial charge in [0.05, 0.1) is 18.2 Å². The van der Waals surface area contributed by atoms with E-state index in [1.54, 1.807) is 0 Å². The smallest absolute Gasteiger partial charge is 0.119 e.